The molecule has 0 saturated carbocycles. The highest BCUT2D eigenvalue weighted by molar-refractivity contribution is 5.29. The number of hydrogen-bond donors (Lipinski definition) is 1. The van der Waals surface area contributed by atoms with E-state index in [0.717, 1.165) is 0 Å². The number of halogens is 1. The molecule has 88 valence electrons. The topological polar surface area (TPSA) is 26.0 Å². The van der Waals surface area contributed by atoms with Crippen LogP contribution in [0.2, 0.25) is 0 Å². The van der Waals surface area contributed by atoms with E-state index < -0.39 is 0 Å². The molecule has 0 aliphatic carbocycles. The summed E-state index contributed by atoms with van der Waals surface area (Å²) in [4.78, 5) is 0. The molecular formula is C15H16FN. The van der Waals surface area contributed by atoms with Crippen molar-refractivity contribution in [1.82, 2.24) is 0 Å². The molecular weight excluding hydrogens is 213 g/mol. The molecule has 0 bridgehead atoms. The van der Waals surface area contributed by atoms with Gasteiger partial charge in [-0.05, 0) is 30.5 Å². The van der Waals surface area contributed by atoms with Gasteiger partial charge in [-0.25, -0.2) is 4.39 Å². The molecule has 0 spiro atoms. The van der Waals surface area contributed by atoms with Gasteiger partial charge < -0.3 is 5.73 Å². The monoisotopic (exact) mass is 229 g/mol. The van der Waals surface area contributed by atoms with Crippen LogP contribution in [-0.2, 0) is 6.42 Å². The van der Waals surface area contributed by atoms with E-state index in [9.17, 15) is 4.39 Å². The second-order valence-electron chi connectivity index (χ2n) is 4.26. The molecule has 0 aromatic heterocycles. The fourth-order valence-electron chi connectivity index (χ4n) is 1.96. The molecule has 2 N–H and O–H groups in total. The molecule has 2 aromatic carbocycles. The minimum atomic E-state index is -0.294. The molecule has 1 atom stereocenters. The third-order valence-corrected chi connectivity index (χ3v) is 3.01. The van der Waals surface area contributed by atoms with Gasteiger partial charge in [0.15, 0.2) is 0 Å². The average Bonchev–Trinajstić information content (AvgIpc) is 2.32. The van der Waals surface area contributed by atoms with Gasteiger partial charge in [0.25, 0.3) is 0 Å². The Hall–Kier alpha value is -1.67. The molecule has 2 heteroatoms. The maximum atomic E-state index is 13.6. The lowest BCUT2D eigenvalue weighted by molar-refractivity contribution is 0.580. The van der Waals surface area contributed by atoms with Crippen LogP contribution < -0.4 is 5.73 Å². The van der Waals surface area contributed by atoms with Crippen LogP contribution in [0.4, 0.5) is 4.39 Å². The predicted octanol–water partition coefficient (Wildman–Crippen LogP) is 3.38. The van der Waals surface area contributed by atoms with Crippen molar-refractivity contribution in [2.45, 2.75) is 19.4 Å². The Balaban J connectivity index is 2.20. The fraction of sp³-hybridized carbons (Fsp3) is 0.200. The van der Waals surface area contributed by atoms with Crippen LogP contribution in [0.1, 0.15) is 22.7 Å². The van der Waals surface area contributed by atoms with Crippen LogP contribution in [0.25, 0.3) is 0 Å². The minimum Gasteiger partial charge on any atom is -0.324 e. The van der Waals surface area contributed by atoms with Gasteiger partial charge in [-0.3, -0.25) is 0 Å². The SMILES string of the molecule is Cc1ccccc1CC(N)c1ccccc1F. The Morgan fingerprint density at radius 1 is 1.06 bits per heavy atom. The molecule has 0 aliphatic heterocycles. The summed E-state index contributed by atoms with van der Waals surface area (Å²) in [5, 5.41) is 0. The van der Waals surface area contributed by atoms with Crippen LogP contribution >= 0.6 is 0 Å². The third kappa shape index (κ3) is 2.71. The van der Waals surface area contributed by atoms with Gasteiger partial charge in [0.1, 0.15) is 5.82 Å². The number of aryl methyl sites for hydroxylation is 1. The van der Waals surface area contributed by atoms with Crippen molar-refractivity contribution >= 4 is 0 Å². The Morgan fingerprint density at radius 2 is 1.71 bits per heavy atom. The van der Waals surface area contributed by atoms with E-state index >= 15 is 0 Å². The van der Waals surface area contributed by atoms with E-state index in [1.165, 1.54) is 17.2 Å². The second-order valence-corrected chi connectivity index (χ2v) is 4.26. The maximum absolute atomic E-state index is 13.6. The summed E-state index contributed by atoms with van der Waals surface area (Å²) in [6, 6.07) is 14.5. The van der Waals surface area contributed by atoms with Crippen LogP contribution in [0.5, 0.6) is 0 Å². The van der Waals surface area contributed by atoms with Crippen LogP contribution in [0.15, 0.2) is 48.5 Å². The van der Waals surface area contributed by atoms with Gasteiger partial charge >= 0.3 is 0 Å². The molecule has 17 heavy (non-hydrogen) atoms. The van der Waals surface area contributed by atoms with Gasteiger partial charge in [0.05, 0.1) is 0 Å². The van der Waals surface area contributed by atoms with Crippen molar-refractivity contribution in [3.63, 3.8) is 0 Å². The highest BCUT2D eigenvalue weighted by Gasteiger charge is 2.12. The summed E-state index contributed by atoms with van der Waals surface area (Å²) in [5.74, 6) is -0.228. The lowest BCUT2D eigenvalue weighted by atomic mass is 9.96. The first-order valence-corrected chi connectivity index (χ1v) is 5.73. The molecule has 2 rings (SSSR count). The maximum Gasteiger partial charge on any atom is 0.127 e. The van der Waals surface area contributed by atoms with Crippen molar-refractivity contribution in [3.8, 4) is 0 Å². The summed E-state index contributed by atoms with van der Waals surface area (Å²) in [5.41, 5.74) is 9.00. The minimum absolute atomic E-state index is 0.228. The van der Waals surface area contributed by atoms with E-state index in [2.05, 4.69) is 0 Å². The molecule has 0 saturated heterocycles. The molecule has 0 heterocycles. The number of hydrogen-bond acceptors (Lipinski definition) is 1. The van der Waals surface area contributed by atoms with Crippen molar-refractivity contribution in [1.29, 1.82) is 0 Å². The summed E-state index contributed by atoms with van der Waals surface area (Å²) in [6.45, 7) is 2.05. The zero-order valence-electron chi connectivity index (χ0n) is 9.86. The first-order valence-electron chi connectivity index (χ1n) is 5.73. The van der Waals surface area contributed by atoms with Gasteiger partial charge in [-0.1, -0.05) is 42.5 Å². The third-order valence-electron chi connectivity index (χ3n) is 3.01. The van der Waals surface area contributed by atoms with E-state index in [-0.39, 0.29) is 11.9 Å². The van der Waals surface area contributed by atoms with Gasteiger partial charge in [-0.2, -0.15) is 0 Å². The number of nitrogens with two attached hydrogens (primary N) is 1. The first kappa shape index (κ1) is 11.8. The van der Waals surface area contributed by atoms with E-state index in [4.69, 9.17) is 5.73 Å². The van der Waals surface area contributed by atoms with Crippen molar-refractivity contribution in [2.24, 2.45) is 5.73 Å². The molecule has 0 amide bonds. The van der Waals surface area contributed by atoms with Crippen molar-refractivity contribution in [2.75, 3.05) is 0 Å². The highest BCUT2D eigenvalue weighted by atomic mass is 19.1. The standard InChI is InChI=1S/C15H16FN/c1-11-6-2-3-7-12(11)10-15(17)13-8-4-5-9-14(13)16/h2-9,15H,10,17H2,1H3. The average molecular weight is 229 g/mol. The molecule has 1 unspecified atom stereocenters. The smallest absolute Gasteiger partial charge is 0.127 e. The van der Waals surface area contributed by atoms with Crippen molar-refractivity contribution in [3.05, 3.63) is 71.0 Å². The van der Waals surface area contributed by atoms with E-state index in [1.54, 1.807) is 12.1 Å². The molecule has 0 aliphatic rings. The summed E-state index contributed by atoms with van der Waals surface area (Å²) >= 11 is 0. The Labute approximate surface area is 101 Å². The van der Waals surface area contributed by atoms with Crippen LogP contribution in [0, 0.1) is 12.7 Å². The fourth-order valence-corrected chi connectivity index (χ4v) is 1.96. The molecule has 2 aromatic rings. The summed E-state index contributed by atoms with van der Waals surface area (Å²) in [6.07, 6.45) is 0.660. The number of rotatable bonds is 3. The zero-order valence-corrected chi connectivity index (χ0v) is 9.86. The quantitative estimate of drug-likeness (QED) is 0.858. The second kappa shape index (κ2) is 5.11. The molecule has 1 nitrogen and oxygen atoms in total. The zero-order chi connectivity index (χ0) is 12.3. The first-order chi connectivity index (χ1) is 8.18. The molecule has 0 radical (unpaired) electrons. The predicted molar refractivity (Wildman–Crippen MR) is 68.2 cm³/mol. The Morgan fingerprint density at radius 3 is 2.41 bits per heavy atom. The Kier molecular flexibility index (Phi) is 3.55. The normalized spacial score (nSPS) is 12.4. The summed E-state index contributed by atoms with van der Waals surface area (Å²) < 4.78 is 13.6. The van der Waals surface area contributed by atoms with Crippen molar-refractivity contribution < 1.29 is 4.39 Å². The number of benzene rings is 2. The largest absolute Gasteiger partial charge is 0.324 e. The van der Waals surface area contributed by atoms with Gasteiger partial charge in [-0.15, -0.1) is 0 Å². The lowest BCUT2D eigenvalue weighted by Crippen LogP contribution is -2.15. The van der Waals surface area contributed by atoms with Gasteiger partial charge in [0, 0.05) is 11.6 Å². The summed E-state index contributed by atoms with van der Waals surface area (Å²) in [7, 11) is 0. The molecule has 0 fully saturated rings. The van der Waals surface area contributed by atoms with Gasteiger partial charge in [0.2, 0.25) is 0 Å². The lowest BCUT2D eigenvalue weighted by Gasteiger charge is -2.14. The van der Waals surface area contributed by atoms with E-state index in [1.807, 2.05) is 37.3 Å². The Bertz CT molecular complexity index is 508. The highest BCUT2D eigenvalue weighted by Crippen LogP contribution is 2.20. The van der Waals surface area contributed by atoms with Crippen LogP contribution in [-0.4, -0.2) is 0 Å². The van der Waals surface area contributed by atoms with Crippen LogP contribution in [0.3, 0.4) is 0 Å². The van der Waals surface area contributed by atoms with E-state index in [0.29, 0.717) is 12.0 Å².